The molecule has 0 aromatic heterocycles. The number of para-hydroxylation sites is 1. The van der Waals surface area contributed by atoms with Gasteiger partial charge in [-0.3, -0.25) is 0 Å². The van der Waals surface area contributed by atoms with E-state index in [9.17, 15) is 5.11 Å². The van der Waals surface area contributed by atoms with Crippen LogP contribution in [0.2, 0.25) is 0 Å². The number of ether oxygens (including phenoxy) is 2. The molecule has 3 aromatic rings. The van der Waals surface area contributed by atoms with Crippen LogP contribution in [-0.2, 0) is 16.9 Å². The van der Waals surface area contributed by atoms with Crippen molar-refractivity contribution in [3.63, 3.8) is 0 Å². The molecule has 3 aromatic carbocycles. The molecule has 0 saturated carbocycles. The molecule has 1 N–H and O–H groups in total. The number of hydrogen-bond donors (Lipinski definition) is 1. The standard InChI is InChI=1S/C20H14O3/c21-14-9-10-17-19(11-14)23-18-8-4-3-7-16(18)20(17)15-6-2-1-5-13(15)12-22-20/h1-11,21H,12H2. The Hall–Kier alpha value is -2.78. The molecule has 3 nitrogen and oxygen atoms in total. The van der Waals surface area contributed by atoms with Crippen molar-refractivity contribution in [3.05, 3.63) is 89.0 Å². The molecule has 5 rings (SSSR count). The summed E-state index contributed by atoms with van der Waals surface area (Å²) < 4.78 is 12.4. The number of rotatable bonds is 0. The molecule has 112 valence electrons. The maximum absolute atomic E-state index is 9.84. The van der Waals surface area contributed by atoms with E-state index in [2.05, 4.69) is 12.1 Å². The molecule has 1 spiro atoms. The minimum atomic E-state index is -0.672. The third-order valence-corrected chi connectivity index (χ3v) is 4.67. The molecule has 0 amide bonds. The van der Waals surface area contributed by atoms with Crippen molar-refractivity contribution in [2.24, 2.45) is 0 Å². The van der Waals surface area contributed by atoms with Crippen molar-refractivity contribution in [2.45, 2.75) is 12.2 Å². The third-order valence-electron chi connectivity index (χ3n) is 4.67. The molecule has 23 heavy (non-hydrogen) atoms. The normalized spacial score (nSPS) is 20.5. The van der Waals surface area contributed by atoms with E-state index in [0.717, 1.165) is 22.4 Å². The minimum Gasteiger partial charge on any atom is -0.508 e. The predicted molar refractivity (Wildman–Crippen MR) is 85.7 cm³/mol. The van der Waals surface area contributed by atoms with E-state index >= 15 is 0 Å². The summed E-state index contributed by atoms with van der Waals surface area (Å²) in [4.78, 5) is 0. The van der Waals surface area contributed by atoms with Crippen molar-refractivity contribution in [2.75, 3.05) is 0 Å². The smallest absolute Gasteiger partial charge is 0.151 e. The number of phenols is 1. The average molecular weight is 302 g/mol. The van der Waals surface area contributed by atoms with E-state index < -0.39 is 5.60 Å². The SMILES string of the molecule is Oc1ccc2c(c1)Oc1ccccc1C21OCc2ccccc21. The first-order valence-corrected chi connectivity index (χ1v) is 7.62. The largest absolute Gasteiger partial charge is 0.508 e. The van der Waals surface area contributed by atoms with Gasteiger partial charge >= 0.3 is 0 Å². The fourth-order valence-corrected chi connectivity index (χ4v) is 3.70. The topological polar surface area (TPSA) is 38.7 Å². The monoisotopic (exact) mass is 302 g/mol. The van der Waals surface area contributed by atoms with Crippen LogP contribution in [-0.4, -0.2) is 5.11 Å². The van der Waals surface area contributed by atoms with Gasteiger partial charge in [0, 0.05) is 17.2 Å². The van der Waals surface area contributed by atoms with Crippen LogP contribution >= 0.6 is 0 Å². The number of benzene rings is 3. The Balaban J connectivity index is 1.89. The third kappa shape index (κ3) is 1.57. The summed E-state index contributed by atoms with van der Waals surface area (Å²) in [7, 11) is 0. The summed E-state index contributed by atoms with van der Waals surface area (Å²) in [6.07, 6.45) is 0. The Kier molecular flexibility index (Phi) is 2.42. The van der Waals surface area contributed by atoms with E-state index in [1.807, 2.05) is 42.5 Å². The Morgan fingerprint density at radius 1 is 0.783 bits per heavy atom. The molecule has 0 fully saturated rings. The minimum absolute atomic E-state index is 0.185. The highest BCUT2D eigenvalue weighted by atomic mass is 16.5. The van der Waals surface area contributed by atoms with Gasteiger partial charge in [0.25, 0.3) is 0 Å². The van der Waals surface area contributed by atoms with Gasteiger partial charge in [-0.1, -0.05) is 42.5 Å². The van der Waals surface area contributed by atoms with Crippen LogP contribution in [0, 0.1) is 0 Å². The van der Waals surface area contributed by atoms with Crippen molar-refractivity contribution in [1.29, 1.82) is 0 Å². The Bertz CT molecular complexity index is 932. The first kappa shape index (κ1) is 12.7. The molecule has 0 saturated heterocycles. The van der Waals surface area contributed by atoms with Gasteiger partial charge in [-0.05, 0) is 29.3 Å². The number of phenolic OH excluding ortho intramolecular Hbond substituents is 1. The number of fused-ring (bicyclic) bond motifs is 6. The zero-order valence-electron chi connectivity index (χ0n) is 12.3. The Labute approximate surface area is 133 Å². The molecule has 3 heteroatoms. The molecule has 0 aliphatic carbocycles. The van der Waals surface area contributed by atoms with Crippen LogP contribution in [0.15, 0.2) is 66.7 Å². The molecule has 0 radical (unpaired) electrons. The van der Waals surface area contributed by atoms with E-state index in [1.54, 1.807) is 12.1 Å². The summed E-state index contributed by atoms with van der Waals surface area (Å²) in [5.74, 6) is 1.59. The van der Waals surface area contributed by atoms with E-state index in [1.165, 1.54) is 5.56 Å². The number of hydrogen-bond acceptors (Lipinski definition) is 3. The van der Waals surface area contributed by atoms with Crippen molar-refractivity contribution >= 4 is 0 Å². The van der Waals surface area contributed by atoms with E-state index in [4.69, 9.17) is 9.47 Å². The molecule has 0 bridgehead atoms. The van der Waals surface area contributed by atoms with Crippen molar-refractivity contribution in [1.82, 2.24) is 0 Å². The first-order chi connectivity index (χ1) is 11.3. The van der Waals surface area contributed by atoms with Crippen LogP contribution < -0.4 is 4.74 Å². The lowest BCUT2D eigenvalue weighted by molar-refractivity contribution is 0.0199. The first-order valence-electron chi connectivity index (χ1n) is 7.62. The van der Waals surface area contributed by atoms with Gasteiger partial charge in [0.15, 0.2) is 5.60 Å². The highest BCUT2D eigenvalue weighted by Gasteiger charge is 2.49. The average Bonchev–Trinajstić information content (AvgIpc) is 2.95. The second kappa shape index (κ2) is 4.37. The highest BCUT2D eigenvalue weighted by Crippen LogP contribution is 2.56. The van der Waals surface area contributed by atoms with Crippen LogP contribution in [0.4, 0.5) is 0 Å². The van der Waals surface area contributed by atoms with Gasteiger partial charge in [0.1, 0.15) is 17.2 Å². The lowest BCUT2D eigenvalue weighted by Gasteiger charge is -2.37. The molecular weight excluding hydrogens is 288 g/mol. The summed E-state index contributed by atoms with van der Waals surface area (Å²) >= 11 is 0. The zero-order chi connectivity index (χ0) is 15.4. The Morgan fingerprint density at radius 2 is 1.52 bits per heavy atom. The Morgan fingerprint density at radius 3 is 2.43 bits per heavy atom. The molecule has 2 aliphatic heterocycles. The lowest BCUT2D eigenvalue weighted by Crippen LogP contribution is -2.32. The summed E-state index contributed by atoms with van der Waals surface area (Å²) in [5, 5.41) is 9.84. The van der Waals surface area contributed by atoms with Gasteiger partial charge < -0.3 is 14.6 Å². The fraction of sp³-hybridized carbons (Fsp3) is 0.100. The second-order valence-electron chi connectivity index (χ2n) is 5.91. The van der Waals surface area contributed by atoms with Crippen LogP contribution in [0.1, 0.15) is 22.3 Å². The summed E-state index contributed by atoms with van der Waals surface area (Å²) in [6.45, 7) is 0.560. The van der Waals surface area contributed by atoms with Gasteiger partial charge in [-0.2, -0.15) is 0 Å². The fourth-order valence-electron chi connectivity index (χ4n) is 3.70. The van der Waals surface area contributed by atoms with Crippen LogP contribution in [0.5, 0.6) is 17.2 Å². The lowest BCUT2D eigenvalue weighted by atomic mass is 9.78. The van der Waals surface area contributed by atoms with E-state index in [0.29, 0.717) is 12.4 Å². The summed E-state index contributed by atoms with van der Waals surface area (Å²) in [6, 6.07) is 21.4. The van der Waals surface area contributed by atoms with Gasteiger partial charge in [0.05, 0.1) is 6.61 Å². The highest BCUT2D eigenvalue weighted by molar-refractivity contribution is 5.64. The van der Waals surface area contributed by atoms with Gasteiger partial charge in [-0.25, -0.2) is 0 Å². The quantitative estimate of drug-likeness (QED) is 0.672. The van der Waals surface area contributed by atoms with Crippen LogP contribution in [0.3, 0.4) is 0 Å². The van der Waals surface area contributed by atoms with Crippen molar-refractivity contribution in [3.8, 4) is 17.2 Å². The summed E-state index contributed by atoms with van der Waals surface area (Å²) in [5.41, 5.74) is 3.59. The maximum Gasteiger partial charge on any atom is 0.151 e. The van der Waals surface area contributed by atoms with E-state index in [-0.39, 0.29) is 5.75 Å². The molecule has 2 heterocycles. The maximum atomic E-state index is 9.84. The molecular formula is C20H14O3. The van der Waals surface area contributed by atoms with Gasteiger partial charge in [-0.15, -0.1) is 0 Å². The molecule has 1 unspecified atom stereocenters. The molecule has 1 atom stereocenters. The zero-order valence-corrected chi connectivity index (χ0v) is 12.3. The molecule has 2 aliphatic rings. The number of aromatic hydroxyl groups is 1. The predicted octanol–water partition coefficient (Wildman–Crippen LogP) is 4.32. The van der Waals surface area contributed by atoms with Crippen LogP contribution in [0.25, 0.3) is 0 Å². The van der Waals surface area contributed by atoms with Gasteiger partial charge in [0.2, 0.25) is 0 Å². The second-order valence-corrected chi connectivity index (χ2v) is 5.91. The van der Waals surface area contributed by atoms with Crippen molar-refractivity contribution < 1.29 is 14.6 Å².